The van der Waals surface area contributed by atoms with Crippen molar-refractivity contribution >= 4 is 6.09 Å². The van der Waals surface area contributed by atoms with Crippen LogP contribution in [0.4, 0.5) is 4.79 Å². The largest absolute Gasteiger partial charge is 0.445 e. The molecule has 3 heteroatoms. The molecule has 1 amide bonds. The zero-order valence-electron chi connectivity index (χ0n) is 13.2. The van der Waals surface area contributed by atoms with Gasteiger partial charge >= 0.3 is 6.09 Å². The van der Waals surface area contributed by atoms with Gasteiger partial charge in [0, 0.05) is 0 Å². The summed E-state index contributed by atoms with van der Waals surface area (Å²) in [5, 5.41) is 2.88. The van der Waals surface area contributed by atoms with Gasteiger partial charge in [0.2, 0.25) is 0 Å². The van der Waals surface area contributed by atoms with Crippen molar-refractivity contribution in [3.8, 4) is 0 Å². The summed E-state index contributed by atoms with van der Waals surface area (Å²) in [6.07, 6.45) is 5.18. The third-order valence-corrected chi connectivity index (χ3v) is 3.27. The van der Waals surface area contributed by atoms with Crippen molar-refractivity contribution in [3.05, 3.63) is 60.2 Å². The SMILES string of the molecule is C=CC(C)(CCC=C(C)C)NC(=O)OCc1ccccc1. The van der Waals surface area contributed by atoms with Gasteiger partial charge in [-0.1, -0.05) is 48.1 Å². The summed E-state index contributed by atoms with van der Waals surface area (Å²) in [7, 11) is 0. The number of carbonyl (C=O) groups excluding carboxylic acids is 1. The van der Waals surface area contributed by atoms with Crippen molar-refractivity contribution in [2.24, 2.45) is 0 Å². The maximum absolute atomic E-state index is 11.9. The highest BCUT2D eigenvalue weighted by molar-refractivity contribution is 5.68. The lowest BCUT2D eigenvalue weighted by Gasteiger charge is -2.26. The van der Waals surface area contributed by atoms with Crippen LogP contribution < -0.4 is 5.32 Å². The van der Waals surface area contributed by atoms with Crippen LogP contribution in [-0.4, -0.2) is 11.6 Å². The van der Waals surface area contributed by atoms with Crippen LogP contribution >= 0.6 is 0 Å². The maximum Gasteiger partial charge on any atom is 0.408 e. The van der Waals surface area contributed by atoms with Crippen LogP contribution in [0.3, 0.4) is 0 Å². The predicted octanol–water partition coefficient (Wildman–Crippen LogP) is 4.60. The van der Waals surface area contributed by atoms with Gasteiger partial charge in [0.25, 0.3) is 0 Å². The number of benzene rings is 1. The summed E-state index contributed by atoms with van der Waals surface area (Å²) < 4.78 is 5.24. The fourth-order valence-corrected chi connectivity index (χ4v) is 1.87. The molecule has 1 rings (SSSR count). The minimum Gasteiger partial charge on any atom is -0.445 e. The molecule has 1 N–H and O–H groups in total. The highest BCUT2D eigenvalue weighted by Crippen LogP contribution is 2.15. The summed E-state index contributed by atoms with van der Waals surface area (Å²) >= 11 is 0. The second-order valence-electron chi connectivity index (χ2n) is 5.63. The molecule has 1 atom stereocenters. The number of nitrogens with one attached hydrogen (secondary N) is 1. The molecule has 0 aliphatic rings. The highest BCUT2D eigenvalue weighted by Gasteiger charge is 2.22. The van der Waals surface area contributed by atoms with Crippen LogP contribution in [0.15, 0.2) is 54.6 Å². The second-order valence-corrected chi connectivity index (χ2v) is 5.63. The number of carbonyl (C=O) groups is 1. The summed E-state index contributed by atoms with van der Waals surface area (Å²) in [5.41, 5.74) is 1.78. The Balaban J connectivity index is 2.46. The van der Waals surface area contributed by atoms with E-state index in [-0.39, 0.29) is 6.61 Å². The van der Waals surface area contributed by atoms with Crippen LogP contribution in [0.5, 0.6) is 0 Å². The van der Waals surface area contributed by atoms with Crippen molar-refractivity contribution in [1.29, 1.82) is 0 Å². The van der Waals surface area contributed by atoms with E-state index in [1.54, 1.807) is 6.08 Å². The van der Waals surface area contributed by atoms with Gasteiger partial charge < -0.3 is 10.1 Å². The topological polar surface area (TPSA) is 38.3 Å². The summed E-state index contributed by atoms with van der Waals surface area (Å²) in [6, 6.07) is 9.62. The maximum atomic E-state index is 11.9. The van der Waals surface area contributed by atoms with E-state index in [1.807, 2.05) is 37.3 Å². The van der Waals surface area contributed by atoms with Gasteiger partial charge in [0.15, 0.2) is 0 Å². The molecule has 0 bridgehead atoms. The van der Waals surface area contributed by atoms with Crippen LogP contribution in [0.1, 0.15) is 39.2 Å². The molecule has 0 spiro atoms. The third-order valence-electron chi connectivity index (χ3n) is 3.27. The molecule has 0 radical (unpaired) electrons. The van der Waals surface area contributed by atoms with Gasteiger partial charge in [-0.3, -0.25) is 0 Å². The molecule has 1 unspecified atom stereocenters. The highest BCUT2D eigenvalue weighted by atomic mass is 16.5. The molecule has 0 aliphatic carbocycles. The van der Waals surface area contributed by atoms with Gasteiger partial charge in [0.05, 0.1) is 5.54 Å². The van der Waals surface area contributed by atoms with Crippen LogP contribution in [-0.2, 0) is 11.3 Å². The lowest BCUT2D eigenvalue weighted by molar-refractivity contribution is 0.131. The zero-order valence-corrected chi connectivity index (χ0v) is 13.2. The van der Waals surface area contributed by atoms with E-state index < -0.39 is 11.6 Å². The van der Waals surface area contributed by atoms with E-state index in [2.05, 4.69) is 31.8 Å². The Morgan fingerprint density at radius 1 is 1.33 bits per heavy atom. The number of amides is 1. The molecule has 0 saturated carbocycles. The van der Waals surface area contributed by atoms with Crippen molar-refractivity contribution < 1.29 is 9.53 Å². The Morgan fingerprint density at radius 2 is 2.00 bits per heavy atom. The summed E-state index contributed by atoms with van der Waals surface area (Å²) in [6.45, 7) is 10.2. The first-order chi connectivity index (χ1) is 9.95. The Morgan fingerprint density at radius 3 is 2.57 bits per heavy atom. The molecule has 0 aromatic heterocycles. The number of hydrogen-bond donors (Lipinski definition) is 1. The normalized spacial score (nSPS) is 12.9. The van der Waals surface area contributed by atoms with Crippen molar-refractivity contribution in [2.45, 2.75) is 45.8 Å². The summed E-state index contributed by atoms with van der Waals surface area (Å²) in [4.78, 5) is 11.9. The third kappa shape index (κ3) is 6.80. The average molecular weight is 287 g/mol. The number of ether oxygens (including phenoxy) is 1. The fourth-order valence-electron chi connectivity index (χ4n) is 1.87. The predicted molar refractivity (Wildman–Crippen MR) is 87.0 cm³/mol. The first kappa shape index (κ1) is 17.0. The van der Waals surface area contributed by atoms with Gasteiger partial charge in [-0.25, -0.2) is 4.79 Å². The van der Waals surface area contributed by atoms with Gasteiger partial charge in [-0.15, -0.1) is 6.58 Å². The molecular formula is C18H25NO2. The number of rotatable bonds is 7. The molecule has 114 valence electrons. The Bertz CT molecular complexity index is 489. The second kappa shape index (κ2) is 8.30. The fraction of sp³-hybridized carbons (Fsp3) is 0.389. The Hall–Kier alpha value is -2.03. The minimum atomic E-state index is -0.459. The first-order valence-electron chi connectivity index (χ1n) is 7.21. The van der Waals surface area contributed by atoms with Crippen molar-refractivity contribution in [3.63, 3.8) is 0 Å². The monoisotopic (exact) mass is 287 g/mol. The standard InChI is InChI=1S/C18H25NO2/c1-5-18(4,13-9-10-15(2)3)19-17(20)21-14-16-11-7-6-8-12-16/h5-8,10-12H,1,9,13-14H2,2-4H3,(H,19,20). The van der Waals surface area contributed by atoms with E-state index >= 15 is 0 Å². The van der Waals surface area contributed by atoms with E-state index in [0.29, 0.717) is 0 Å². The number of alkyl carbamates (subject to hydrolysis) is 1. The van der Waals surface area contributed by atoms with Gasteiger partial charge in [0.1, 0.15) is 6.61 Å². The number of allylic oxidation sites excluding steroid dienone is 2. The zero-order chi connectivity index (χ0) is 15.7. The molecule has 1 aromatic carbocycles. The van der Waals surface area contributed by atoms with E-state index in [0.717, 1.165) is 18.4 Å². The quantitative estimate of drug-likeness (QED) is 0.744. The van der Waals surface area contributed by atoms with Gasteiger partial charge in [-0.2, -0.15) is 0 Å². The van der Waals surface area contributed by atoms with Crippen LogP contribution in [0.25, 0.3) is 0 Å². The van der Waals surface area contributed by atoms with Crippen LogP contribution in [0.2, 0.25) is 0 Å². The van der Waals surface area contributed by atoms with Crippen LogP contribution in [0, 0.1) is 0 Å². The smallest absolute Gasteiger partial charge is 0.408 e. The van der Waals surface area contributed by atoms with Gasteiger partial charge in [-0.05, 0) is 39.2 Å². The lowest BCUT2D eigenvalue weighted by Crippen LogP contribution is -2.44. The summed E-state index contributed by atoms with van der Waals surface area (Å²) in [5.74, 6) is 0. The molecule has 21 heavy (non-hydrogen) atoms. The van der Waals surface area contributed by atoms with E-state index in [4.69, 9.17) is 4.74 Å². The molecule has 0 heterocycles. The molecule has 0 fully saturated rings. The first-order valence-corrected chi connectivity index (χ1v) is 7.21. The molecule has 1 aromatic rings. The Labute approximate surface area is 127 Å². The minimum absolute atomic E-state index is 0.272. The molecule has 0 aliphatic heterocycles. The molecular weight excluding hydrogens is 262 g/mol. The van der Waals surface area contributed by atoms with E-state index in [9.17, 15) is 4.79 Å². The van der Waals surface area contributed by atoms with E-state index in [1.165, 1.54) is 5.57 Å². The van der Waals surface area contributed by atoms with Crippen molar-refractivity contribution in [2.75, 3.05) is 0 Å². The lowest BCUT2D eigenvalue weighted by atomic mass is 9.95. The average Bonchev–Trinajstić information content (AvgIpc) is 2.46. The number of hydrogen-bond acceptors (Lipinski definition) is 2. The molecule has 3 nitrogen and oxygen atoms in total. The molecule has 0 saturated heterocycles. The van der Waals surface area contributed by atoms with Crippen molar-refractivity contribution in [1.82, 2.24) is 5.32 Å². The Kier molecular flexibility index (Phi) is 6.73.